The zero-order valence-electron chi connectivity index (χ0n) is 17.3. The van der Waals surface area contributed by atoms with E-state index < -0.39 is 0 Å². The van der Waals surface area contributed by atoms with E-state index >= 15 is 0 Å². The average molecular weight is 451 g/mol. The second kappa shape index (κ2) is 9.74. The molecule has 4 aromatic rings. The Morgan fingerprint density at radius 2 is 1.53 bits per heavy atom. The highest BCUT2D eigenvalue weighted by Gasteiger charge is 2.18. The number of nitrogens with zero attached hydrogens (tertiary/aromatic N) is 4. The summed E-state index contributed by atoms with van der Waals surface area (Å²) in [7, 11) is 1.75. The number of benzene rings is 3. The van der Waals surface area contributed by atoms with Gasteiger partial charge in [-0.3, -0.25) is 9.36 Å². The van der Waals surface area contributed by atoms with Gasteiger partial charge < -0.3 is 4.90 Å². The van der Waals surface area contributed by atoms with Crippen LogP contribution in [0.4, 0.5) is 8.78 Å². The van der Waals surface area contributed by atoms with Crippen molar-refractivity contribution in [1.29, 1.82) is 0 Å². The van der Waals surface area contributed by atoms with Gasteiger partial charge >= 0.3 is 0 Å². The predicted molar refractivity (Wildman–Crippen MR) is 120 cm³/mol. The molecule has 1 heterocycles. The summed E-state index contributed by atoms with van der Waals surface area (Å²) in [6.45, 7) is 0.506. The van der Waals surface area contributed by atoms with Crippen LogP contribution in [0.5, 0.6) is 0 Å². The number of aromatic nitrogens is 3. The maximum Gasteiger partial charge on any atom is 0.233 e. The van der Waals surface area contributed by atoms with Crippen LogP contribution in [0.2, 0.25) is 0 Å². The maximum atomic E-state index is 13.5. The molecule has 0 saturated carbocycles. The van der Waals surface area contributed by atoms with Crippen molar-refractivity contribution < 1.29 is 13.6 Å². The van der Waals surface area contributed by atoms with Crippen molar-refractivity contribution in [2.75, 3.05) is 12.8 Å². The van der Waals surface area contributed by atoms with E-state index in [1.807, 2.05) is 30.3 Å². The molecule has 0 N–H and O–H groups in total. The van der Waals surface area contributed by atoms with Gasteiger partial charge in [0.1, 0.15) is 11.6 Å². The minimum Gasteiger partial charge on any atom is -0.341 e. The number of amides is 1. The van der Waals surface area contributed by atoms with Crippen LogP contribution in [-0.2, 0) is 11.3 Å². The standard InChI is InChI=1S/C24H20F2N4OS/c1-29(15-17-5-3-2-4-6-17)22(31)16-32-24-28-27-23(18-7-9-19(25)10-8-18)30(24)21-13-11-20(26)12-14-21/h2-14H,15-16H2,1H3. The van der Waals surface area contributed by atoms with Crippen LogP contribution >= 0.6 is 11.8 Å². The number of thioether (sulfide) groups is 1. The van der Waals surface area contributed by atoms with Gasteiger partial charge in [0, 0.05) is 24.8 Å². The van der Waals surface area contributed by atoms with E-state index in [4.69, 9.17) is 0 Å². The van der Waals surface area contributed by atoms with E-state index in [-0.39, 0.29) is 23.3 Å². The Kier molecular flexibility index (Phi) is 6.61. The largest absolute Gasteiger partial charge is 0.341 e. The summed E-state index contributed by atoms with van der Waals surface area (Å²) in [5, 5.41) is 8.99. The molecule has 4 rings (SSSR count). The van der Waals surface area contributed by atoms with Gasteiger partial charge in [0.25, 0.3) is 0 Å². The molecule has 0 aliphatic heterocycles. The monoisotopic (exact) mass is 450 g/mol. The normalized spacial score (nSPS) is 10.8. The lowest BCUT2D eigenvalue weighted by atomic mass is 10.2. The van der Waals surface area contributed by atoms with Crippen LogP contribution in [0.15, 0.2) is 84.0 Å². The van der Waals surface area contributed by atoms with Gasteiger partial charge in [-0.05, 0) is 54.1 Å². The fraction of sp³-hybridized carbons (Fsp3) is 0.125. The number of rotatable bonds is 7. The molecule has 0 aliphatic rings. The third-order valence-electron chi connectivity index (χ3n) is 4.83. The molecular weight excluding hydrogens is 430 g/mol. The summed E-state index contributed by atoms with van der Waals surface area (Å²) >= 11 is 1.24. The number of halogens is 2. The van der Waals surface area contributed by atoms with Crippen LogP contribution < -0.4 is 0 Å². The quantitative estimate of drug-likeness (QED) is 0.374. The first-order valence-electron chi connectivity index (χ1n) is 9.89. The Hall–Kier alpha value is -3.52. The van der Waals surface area contributed by atoms with E-state index in [1.54, 1.807) is 40.8 Å². The first-order valence-corrected chi connectivity index (χ1v) is 10.9. The van der Waals surface area contributed by atoms with Gasteiger partial charge in [-0.15, -0.1) is 10.2 Å². The second-order valence-corrected chi connectivity index (χ2v) is 8.09. The topological polar surface area (TPSA) is 51.0 Å². The van der Waals surface area contributed by atoms with Gasteiger partial charge in [-0.1, -0.05) is 42.1 Å². The Bertz CT molecular complexity index is 1200. The summed E-state index contributed by atoms with van der Waals surface area (Å²) in [4.78, 5) is 14.3. The molecule has 1 aromatic heterocycles. The van der Waals surface area contributed by atoms with E-state index in [0.29, 0.717) is 28.8 Å². The smallest absolute Gasteiger partial charge is 0.233 e. The number of hydrogen-bond donors (Lipinski definition) is 0. The molecule has 0 unspecified atom stereocenters. The van der Waals surface area contributed by atoms with Gasteiger partial charge in [-0.2, -0.15) is 0 Å². The molecule has 3 aromatic carbocycles. The number of hydrogen-bond acceptors (Lipinski definition) is 4. The van der Waals surface area contributed by atoms with Crippen LogP contribution in [0.3, 0.4) is 0 Å². The van der Waals surface area contributed by atoms with Crippen LogP contribution in [0, 0.1) is 11.6 Å². The molecule has 162 valence electrons. The molecule has 8 heteroatoms. The van der Waals surface area contributed by atoms with Gasteiger partial charge in [-0.25, -0.2) is 8.78 Å². The first kappa shape index (κ1) is 21.7. The molecule has 0 aliphatic carbocycles. The molecular formula is C24H20F2N4OS. The van der Waals surface area contributed by atoms with E-state index in [2.05, 4.69) is 10.2 Å². The van der Waals surface area contributed by atoms with Crippen LogP contribution in [-0.4, -0.2) is 38.4 Å². The zero-order chi connectivity index (χ0) is 22.5. The van der Waals surface area contributed by atoms with Crippen molar-refractivity contribution in [2.45, 2.75) is 11.7 Å². The second-order valence-electron chi connectivity index (χ2n) is 7.15. The van der Waals surface area contributed by atoms with Crippen molar-refractivity contribution in [2.24, 2.45) is 0 Å². The van der Waals surface area contributed by atoms with E-state index in [9.17, 15) is 13.6 Å². The summed E-state index contributed by atoms with van der Waals surface area (Å²) in [5.74, 6) is -0.146. The van der Waals surface area contributed by atoms with Crippen molar-refractivity contribution >= 4 is 17.7 Å². The molecule has 0 spiro atoms. The van der Waals surface area contributed by atoms with Crippen LogP contribution in [0.25, 0.3) is 17.1 Å². The summed E-state index contributed by atoms with van der Waals surface area (Å²) < 4.78 is 28.6. The highest BCUT2D eigenvalue weighted by atomic mass is 32.2. The fourth-order valence-corrected chi connectivity index (χ4v) is 4.05. The lowest BCUT2D eigenvalue weighted by molar-refractivity contribution is -0.127. The van der Waals surface area contributed by atoms with Gasteiger partial charge in [0.15, 0.2) is 11.0 Å². The summed E-state index contributed by atoms with van der Waals surface area (Å²) in [6, 6.07) is 21.5. The maximum absolute atomic E-state index is 13.5. The van der Waals surface area contributed by atoms with Gasteiger partial charge in [0.2, 0.25) is 5.91 Å². The zero-order valence-corrected chi connectivity index (χ0v) is 18.1. The predicted octanol–water partition coefficient (Wildman–Crippen LogP) is 4.96. The van der Waals surface area contributed by atoms with Crippen molar-refractivity contribution in [3.63, 3.8) is 0 Å². The molecule has 0 fully saturated rings. The Balaban J connectivity index is 1.57. The molecule has 0 atom stereocenters. The fourth-order valence-electron chi connectivity index (χ4n) is 3.15. The van der Waals surface area contributed by atoms with Gasteiger partial charge in [0.05, 0.1) is 5.75 Å². The van der Waals surface area contributed by atoms with Crippen molar-refractivity contribution in [3.05, 3.63) is 96.1 Å². The summed E-state index contributed by atoms with van der Waals surface area (Å²) in [6.07, 6.45) is 0. The van der Waals surface area contributed by atoms with Crippen molar-refractivity contribution in [1.82, 2.24) is 19.7 Å². The SMILES string of the molecule is CN(Cc1ccccc1)C(=O)CSc1nnc(-c2ccc(F)cc2)n1-c1ccc(F)cc1. The average Bonchev–Trinajstić information content (AvgIpc) is 3.23. The van der Waals surface area contributed by atoms with Crippen LogP contribution in [0.1, 0.15) is 5.56 Å². The molecule has 1 amide bonds. The number of carbonyl (C=O) groups is 1. The lowest BCUT2D eigenvalue weighted by Gasteiger charge is -2.17. The highest BCUT2D eigenvalue weighted by Crippen LogP contribution is 2.28. The Morgan fingerprint density at radius 1 is 0.906 bits per heavy atom. The Labute approximate surface area is 188 Å². The Morgan fingerprint density at radius 3 is 2.19 bits per heavy atom. The third-order valence-corrected chi connectivity index (χ3v) is 5.75. The first-order chi connectivity index (χ1) is 15.5. The van der Waals surface area contributed by atoms with Crippen molar-refractivity contribution in [3.8, 4) is 17.1 Å². The molecule has 0 bridgehead atoms. The third kappa shape index (κ3) is 5.03. The molecule has 0 saturated heterocycles. The number of carbonyl (C=O) groups excluding carboxylic acids is 1. The molecule has 32 heavy (non-hydrogen) atoms. The minimum atomic E-state index is -0.364. The van der Waals surface area contributed by atoms with E-state index in [1.165, 1.54) is 36.0 Å². The van der Waals surface area contributed by atoms with E-state index in [0.717, 1.165) is 5.56 Å². The minimum absolute atomic E-state index is 0.0594. The highest BCUT2D eigenvalue weighted by molar-refractivity contribution is 7.99. The molecule has 5 nitrogen and oxygen atoms in total. The molecule has 0 radical (unpaired) electrons. The summed E-state index contributed by atoms with van der Waals surface area (Å²) in [5.41, 5.74) is 2.34. The lowest BCUT2D eigenvalue weighted by Crippen LogP contribution is -2.27.